The van der Waals surface area contributed by atoms with Gasteiger partial charge in [-0.3, -0.25) is 4.79 Å². The van der Waals surface area contributed by atoms with Crippen molar-refractivity contribution >= 4 is 39.6 Å². The molecule has 12 heteroatoms. The summed E-state index contributed by atoms with van der Waals surface area (Å²) in [4.78, 5) is 14.1. The van der Waals surface area contributed by atoms with Crippen molar-refractivity contribution < 1.29 is 14.6 Å². The highest BCUT2D eigenvalue weighted by atomic mass is 35.5. The van der Waals surface area contributed by atoms with E-state index >= 15 is 0 Å². The van der Waals surface area contributed by atoms with E-state index in [1.165, 1.54) is 11.3 Å². The zero-order valence-electron chi connectivity index (χ0n) is 19.8. The van der Waals surface area contributed by atoms with E-state index < -0.39 is 11.6 Å². The summed E-state index contributed by atoms with van der Waals surface area (Å²) in [5.74, 6) is 0.105. The summed E-state index contributed by atoms with van der Waals surface area (Å²) in [6.45, 7) is 3.19. The number of fused-ring (bicyclic) bond motifs is 1. The quantitative estimate of drug-likeness (QED) is 0.402. The van der Waals surface area contributed by atoms with E-state index in [9.17, 15) is 4.79 Å². The fourth-order valence-corrected chi connectivity index (χ4v) is 5.84. The first-order valence-electron chi connectivity index (χ1n) is 11.8. The van der Waals surface area contributed by atoms with Gasteiger partial charge in [-0.25, -0.2) is 0 Å². The van der Waals surface area contributed by atoms with E-state index in [0.29, 0.717) is 5.01 Å². The van der Waals surface area contributed by atoms with Crippen LogP contribution < -0.4 is 9.64 Å². The van der Waals surface area contributed by atoms with Crippen LogP contribution >= 0.6 is 22.9 Å². The van der Waals surface area contributed by atoms with Gasteiger partial charge in [0.25, 0.3) is 0 Å². The van der Waals surface area contributed by atoms with Crippen LogP contribution in [0.3, 0.4) is 0 Å². The Morgan fingerprint density at radius 3 is 2.73 bits per heavy atom. The lowest BCUT2D eigenvalue weighted by molar-refractivity contribution is -0.138. The lowest BCUT2D eigenvalue weighted by Crippen LogP contribution is -2.48. The fourth-order valence-electron chi connectivity index (χ4n) is 4.79. The zero-order chi connectivity index (χ0) is 25.6. The standard InChI is InChI=1S/C25H22ClN7O3S/c1-15-12-16(26)6-7-17(15)19-13-25(36-20-5-3-2-4-18(19)20)8-10-32(11-9-25)24-29-28-23(37-24)22-27-31-33(30-22)14-21(34)35/h2-7,12-13H,8-11,14H2,1H3,(H,34,35). The number of ether oxygens (including phenoxy) is 1. The smallest absolute Gasteiger partial charge is 0.327 e. The van der Waals surface area contributed by atoms with Crippen molar-refractivity contribution in [3.05, 3.63) is 70.3 Å². The van der Waals surface area contributed by atoms with Crippen molar-refractivity contribution in [1.82, 2.24) is 30.4 Å². The summed E-state index contributed by atoms with van der Waals surface area (Å²) >= 11 is 7.60. The fraction of sp³-hybridized carbons (Fsp3) is 0.280. The molecule has 4 aromatic rings. The minimum atomic E-state index is -1.04. The van der Waals surface area contributed by atoms with Gasteiger partial charge in [-0.05, 0) is 53.1 Å². The lowest BCUT2D eigenvalue weighted by atomic mass is 9.82. The molecule has 0 bridgehead atoms. The van der Waals surface area contributed by atoms with Crippen LogP contribution in [-0.2, 0) is 11.3 Å². The van der Waals surface area contributed by atoms with E-state index in [2.05, 4.69) is 55.6 Å². The molecule has 1 N–H and O–H groups in total. The van der Waals surface area contributed by atoms with Gasteiger partial charge in [0.1, 0.15) is 11.4 Å². The number of carboxylic acid groups (broad SMARTS) is 1. The molecule has 2 aromatic heterocycles. The molecule has 0 atom stereocenters. The Morgan fingerprint density at radius 2 is 1.95 bits per heavy atom. The molecule has 0 unspecified atom stereocenters. The van der Waals surface area contributed by atoms with Crippen LogP contribution in [0.5, 0.6) is 5.75 Å². The highest BCUT2D eigenvalue weighted by Gasteiger charge is 2.40. The number of halogens is 1. The number of nitrogens with zero attached hydrogens (tertiary/aromatic N) is 7. The van der Waals surface area contributed by atoms with Gasteiger partial charge in [-0.2, -0.15) is 4.80 Å². The number of para-hydroxylation sites is 1. The SMILES string of the molecule is Cc1cc(Cl)ccc1C1=CC2(CCN(c3nnc(-c4nnn(CC(=O)O)n4)s3)CC2)Oc2ccccc21. The maximum absolute atomic E-state index is 10.9. The number of aromatic nitrogens is 6. The van der Waals surface area contributed by atoms with Crippen LogP contribution in [0, 0.1) is 6.92 Å². The molecule has 10 nitrogen and oxygen atoms in total. The van der Waals surface area contributed by atoms with Crippen LogP contribution in [0.2, 0.25) is 5.02 Å². The van der Waals surface area contributed by atoms with Crippen molar-refractivity contribution in [1.29, 1.82) is 0 Å². The first-order chi connectivity index (χ1) is 17.9. The molecule has 1 fully saturated rings. The Bertz CT molecular complexity index is 1520. The molecule has 0 aliphatic carbocycles. The molecule has 37 heavy (non-hydrogen) atoms. The number of anilines is 1. The monoisotopic (exact) mass is 535 g/mol. The predicted octanol–water partition coefficient (Wildman–Crippen LogP) is 4.10. The van der Waals surface area contributed by atoms with Gasteiger partial charge >= 0.3 is 5.97 Å². The van der Waals surface area contributed by atoms with Crippen LogP contribution in [-0.4, -0.2) is 60.2 Å². The molecule has 1 spiro atoms. The van der Waals surface area contributed by atoms with Gasteiger partial charge in [-0.15, -0.1) is 20.4 Å². The van der Waals surface area contributed by atoms with Gasteiger partial charge in [0.2, 0.25) is 11.0 Å². The number of hydrogen-bond donors (Lipinski definition) is 1. The number of aliphatic carboxylic acids is 1. The Kier molecular flexibility index (Phi) is 5.88. The number of carbonyl (C=O) groups is 1. The molecule has 2 aromatic carbocycles. The topological polar surface area (TPSA) is 119 Å². The summed E-state index contributed by atoms with van der Waals surface area (Å²) in [6.07, 6.45) is 3.83. The third kappa shape index (κ3) is 4.56. The normalized spacial score (nSPS) is 16.3. The first kappa shape index (κ1) is 23.6. The predicted molar refractivity (Wildman–Crippen MR) is 139 cm³/mol. The van der Waals surface area contributed by atoms with Gasteiger partial charge < -0.3 is 14.7 Å². The Balaban J connectivity index is 1.24. The summed E-state index contributed by atoms with van der Waals surface area (Å²) in [6, 6.07) is 14.2. The molecule has 0 amide bonds. The molecule has 188 valence electrons. The third-order valence-corrected chi connectivity index (χ3v) is 7.81. The van der Waals surface area contributed by atoms with E-state index in [1.807, 2.05) is 30.3 Å². The molecule has 6 rings (SSSR count). The van der Waals surface area contributed by atoms with Crippen molar-refractivity contribution in [2.24, 2.45) is 0 Å². The average Bonchev–Trinajstić information content (AvgIpc) is 3.54. The largest absolute Gasteiger partial charge is 0.482 e. The molecular formula is C25H22ClN7O3S. The van der Waals surface area contributed by atoms with E-state index in [1.54, 1.807) is 0 Å². The molecule has 1 saturated heterocycles. The van der Waals surface area contributed by atoms with Gasteiger partial charge in [0, 0.05) is 36.5 Å². The van der Waals surface area contributed by atoms with Crippen LogP contribution in [0.4, 0.5) is 5.13 Å². The summed E-state index contributed by atoms with van der Waals surface area (Å²) < 4.78 is 6.63. The molecule has 4 heterocycles. The second-order valence-electron chi connectivity index (χ2n) is 9.09. The van der Waals surface area contributed by atoms with E-state index in [-0.39, 0.29) is 12.4 Å². The molecule has 2 aliphatic rings. The van der Waals surface area contributed by atoms with Crippen LogP contribution in [0.25, 0.3) is 16.4 Å². The minimum Gasteiger partial charge on any atom is -0.482 e. The summed E-state index contributed by atoms with van der Waals surface area (Å²) in [5, 5.41) is 31.2. The molecular weight excluding hydrogens is 514 g/mol. The summed E-state index contributed by atoms with van der Waals surface area (Å²) in [7, 11) is 0. The number of piperidine rings is 1. The van der Waals surface area contributed by atoms with Gasteiger partial charge in [0.05, 0.1) is 0 Å². The van der Waals surface area contributed by atoms with Crippen molar-refractivity contribution in [3.63, 3.8) is 0 Å². The molecule has 0 saturated carbocycles. The number of hydrogen-bond acceptors (Lipinski definition) is 9. The van der Waals surface area contributed by atoms with Crippen molar-refractivity contribution in [2.45, 2.75) is 31.9 Å². The number of rotatable bonds is 5. The maximum Gasteiger partial charge on any atom is 0.327 e. The van der Waals surface area contributed by atoms with Crippen molar-refractivity contribution in [3.8, 4) is 16.6 Å². The van der Waals surface area contributed by atoms with Crippen molar-refractivity contribution in [2.75, 3.05) is 18.0 Å². The number of carboxylic acids is 1. The second kappa shape index (κ2) is 9.24. The van der Waals surface area contributed by atoms with E-state index in [4.69, 9.17) is 21.4 Å². The Morgan fingerprint density at radius 1 is 1.14 bits per heavy atom. The third-order valence-electron chi connectivity index (χ3n) is 6.59. The minimum absolute atomic E-state index is 0.261. The average molecular weight is 536 g/mol. The zero-order valence-corrected chi connectivity index (χ0v) is 21.4. The molecule has 0 radical (unpaired) electrons. The second-order valence-corrected chi connectivity index (χ2v) is 10.5. The Labute approximate surface area is 221 Å². The Hall–Kier alpha value is -3.83. The lowest BCUT2D eigenvalue weighted by Gasteiger charge is -2.43. The van der Waals surface area contributed by atoms with Crippen LogP contribution in [0.15, 0.2) is 48.5 Å². The van der Waals surface area contributed by atoms with Crippen LogP contribution in [0.1, 0.15) is 29.5 Å². The van der Waals surface area contributed by atoms with Gasteiger partial charge in [0.15, 0.2) is 11.6 Å². The van der Waals surface area contributed by atoms with Gasteiger partial charge in [-0.1, -0.05) is 47.2 Å². The number of benzene rings is 2. The van der Waals surface area contributed by atoms with E-state index in [0.717, 1.165) is 68.9 Å². The molecule has 2 aliphatic heterocycles. The number of aryl methyl sites for hydroxylation is 1. The maximum atomic E-state index is 10.9. The first-order valence-corrected chi connectivity index (χ1v) is 12.9. The number of tetrazole rings is 1. The highest BCUT2D eigenvalue weighted by molar-refractivity contribution is 7.18. The highest BCUT2D eigenvalue weighted by Crippen LogP contribution is 2.44. The summed E-state index contributed by atoms with van der Waals surface area (Å²) in [5.41, 5.74) is 4.09.